The third-order valence-corrected chi connectivity index (χ3v) is 3.76. The Morgan fingerprint density at radius 1 is 1.20 bits per heavy atom. The number of rotatable bonds is 4. The molecule has 124 valence electrons. The highest BCUT2D eigenvalue weighted by atomic mass is 16.3. The molecule has 7 nitrogen and oxygen atoms in total. The van der Waals surface area contributed by atoms with E-state index < -0.39 is 0 Å². The third kappa shape index (κ3) is 3.07. The number of nitrogens with zero attached hydrogens (tertiary/aromatic N) is 3. The van der Waals surface area contributed by atoms with Gasteiger partial charge in [-0.1, -0.05) is 12.1 Å². The molecular weight excluding hydrogens is 318 g/mol. The zero-order valence-corrected chi connectivity index (χ0v) is 13.4. The maximum atomic E-state index is 12.4. The summed E-state index contributed by atoms with van der Waals surface area (Å²) in [5.74, 6) is 0.336. The molecule has 0 fully saturated rings. The number of H-pyrrole nitrogens is 1. The Kier molecular flexibility index (Phi) is 3.66. The largest absolute Gasteiger partial charge is 0.463 e. The van der Waals surface area contributed by atoms with Crippen LogP contribution in [0.25, 0.3) is 22.6 Å². The quantitative estimate of drug-likeness (QED) is 0.599. The van der Waals surface area contributed by atoms with Crippen molar-refractivity contribution in [2.45, 2.75) is 0 Å². The highest BCUT2D eigenvalue weighted by Crippen LogP contribution is 2.23. The van der Waals surface area contributed by atoms with Gasteiger partial charge in [0.25, 0.3) is 5.91 Å². The number of aromatic nitrogens is 4. The van der Waals surface area contributed by atoms with Crippen molar-refractivity contribution in [3.05, 3.63) is 66.8 Å². The van der Waals surface area contributed by atoms with Gasteiger partial charge in [0.2, 0.25) is 0 Å². The standard InChI is InChI=1S/C18H15N5O2/c1-23-11-13(10-19-23)12-4-2-5-14(8-12)20-18(24)16-9-15(21-22-16)17-6-3-7-25-17/h2-11H,1H3,(H,20,24)(H,21,22). The Bertz CT molecular complexity index is 1010. The van der Waals surface area contributed by atoms with E-state index in [4.69, 9.17) is 4.42 Å². The fraction of sp³-hybridized carbons (Fsp3) is 0.0556. The lowest BCUT2D eigenvalue weighted by molar-refractivity contribution is 0.102. The van der Waals surface area contributed by atoms with Crippen LogP contribution in [-0.2, 0) is 7.05 Å². The molecule has 0 saturated carbocycles. The van der Waals surface area contributed by atoms with E-state index in [-0.39, 0.29) is 11.6 Å². The lowest BCUT2D eigenvalue weighted by atomic mass is 10.1. The number of nitrogens with one attached hydrogen (secondary N) is 2. The molecule has 0 aliphatic heterocycles. The molecule has 0 aliphatic rings. The van der Waals surface area contributed by atoms with Crippen LogP contribution in [0.15, 0.2) is 65.5 Å². The van der Waals surface area contributed by atoms with E-state index in [0.29, 0.717) is 17.1 Å². The number of carbonyl (C=O) groups excluding carboxylic acids is 1. The molecule has 25 heavy (non-hydrogen) atoms. The molecule has 0 spiro atoms. The lowest BCUT2D eigenvalue weighted by Crippen LogP contribution is -2.12. The van der Waals surface area contributed by atoms with Gasteiger partial charge in [-0.15, -0.1) is 0 Å². The van der Waals surface area contributed by atoms with Crippen LogP contribution in [0.4, 0.5) is 5.69 Å². The van der Waals surface area contributed by atoms with Crippen LogP contribution in [0.2, 0.25) is 0 Å². The first-order chi connectivity index (χ1) is 12.2. The molecule has 1 aromatic carbocycles. The predicted molar refractivity (Wildman–Crippen MR) is 92.9 cm³/mol. The number of furan rings is 1. The van der Waals surface area contributed by atoms with Gasteiger partial charge >= 0.3 is 0 Å². The Hall–Kier alpha value is -3.61. The Balaban J connectivity index is 1.53. The first kappa shape index (κ1) is 14.9. The summed E-state index contributed by atoms with van der Waals surface area (Å²) in [7, 11) is 1.86. The van der Waals surface area contributed by atoms with Gasteiger partial charge in [0, 0.05) is 30.6 Å². The fourth-order valence-electron chi connectivity index (χ4n) is 2.54. The molecule has 3 aromatic heterocycles. The first-order valence-electron chi connectivity index (χ1n) is 7.69. The molecule has 0 bridgehead atoms. The number of carbonyl (C=O) groups is 1. The highest BCUT2D eigenvalue weighted by Gasteiger charge is 2.13. The maximum Gasteiger partial charge on any atom is 0.276 e. The summed E-state index contributed by atoms with van der Waals surface area (Å²) < 4.78 is 7.02. The van der Waals surface area contributed by atoms with Gasteiger partial charge in [-0.05, 0) is 29.8 Å². The zero-order chi connectivity index (χ0) is 17.2. The molecule has 0 atom stereocenters. The summed E-state index contributed by atoms with van der Waals surface area (Å²) in [6.45, 7) is 0. The normalized spacial score (nSPS) is 10.8. The van der Waals surface area contributed by atoms with Gasteiger partial charge in [0.05, 0.1) is 12.5 Å². The van der Waals surface area contributed by atoms with Gasteiger partial charge in [-0.2, -0.15) is 10.2 Å². The van der Waals surface area contributed by atoms with E-state index in [9.17, 15) is 4.79 Å². The van der Waals surface area contributed by atoms with Crippen LogP contribution >= 0.6 is 0 Å². The van der Waals surface area contributed by atoms with E-state index >= 15 is 0 Å². The minimum absolute atomic E-state index is 0.290. The van der Waals surface area contributed by atoms with Gasteiger partial charge < -0.3 is 9.73 Å². The van der Waals surface area contributed by atoms with Crippen molar-refractivity contribution in [1.82, 2.24) is 20.0 Å². The van der Waals surface area contributed by atoms with Crippen molar-refractivity contribution in [3.63, 3.8) is 0 Å². The second-order valence-electron chi connectivity index (χ2n) is 5.58. The van der Waals surface area contributed by atoms with Crippen LogP contribution in [0, 0.1) is 0 Å². The monoisotopic (exact) mass is 333 g/mol. The van der Waals surface area contributed by atoms with E-state index in [1.807, 2.05) is 37.5 Å². The topological polar surface area (TPSA) is 88.7 Å². The van der Waals surface area contributed by atoms with Gasteiger partial charge in [-0.3, -0.25) is 14.6 Å². The van der Waals surface area contributed by atoms with E-state index in [1.165, 1.54) is 0 Å². The van der Waals surface area contributed by atoms with E-state index in [0.717, 1.165) is 11.1 Å². The second kappa shape index (κ2) is 6.12. The Labute approximate surface area is 143 Å². The molecule has 0 aliphatic carbocycles. The summed E-state index contributed by atoms with van der Waals surface area (Å²) in [5, 5.41) is 13.9. The molecule has 4 rings (SSSR count). The van der Waals surface area contributed by atoms with Crippen LogP contribution in [0.1, 0.15) is 10.5 Å². The van der Waals surface area contributed by atoms with Gasteiger partial charge in [-0.25, -0.2) is 0 Å². The van der Waals surface area contributed by atoms with Crippen molar-refractivity contribution in [3.8, 4) is 22.6 Å². The average molecular weight is 333 g/mol. The van der Waals surface area contributed by atoms with Crippen molar-refractivity contribution in [2.75, 3.05) is 5.32 Å². The van der Waals surface area contributed by atoms with Crippen LogP contribution < -0.4 is 5.32 Å². The van der Waals surface area contributed by atoms with Crippen molar-refractivity contribution >= 4 is 11.6 Å². The van der Waals surface area contributed by atoms with E-state index in [2.05, 4.69) is 20.6 Å². The zero-order valence-electron chi connectivity index (χ0n) is 13.4. The average Bonchev–Trinajstić information content (AvgIpc) is 3.36. The number of hydrogen-bond acceptors (Lipinski definition) is 4. The number of amides is 1. The van der Waals surface area contributed by atoms with Crippen LogP contribution in [0.5, 0.6) is 0 Å². The summed E-state index contributed by atoms with van der Waals surface area (Å²) >= 11 is 0. The summed E-state index contributed by atoms with van der Waals surface area (Å²) in [6.07, 6.45) is 5.27. The SMILES string of the molecule is Cn1cc(-c2cccc(NC(=O)c3cc(-c4ccco4)[nH]n3)c2)cn1. The number of anilines is 1. The van der Waals surface area contributed by atoms with Crippen LogP contribution in [0.3, 0.4) is 0 Å². The summed E-state index contributed by atoms with van der Waals surface area (Å²) in [6, 6.07) is 12.8. The molecule has 0 unspecified atom stereocenters. The summed E-state index contributed by atoms with van der Waals surface area (Å²) in [4.78, 5) is 12.4. The number of benzene rings is 1. The molecule has 3 heterocycles. The molecular formula is C18H15N5O2. The lowest BCUT2D eigenvalue weighted by Gasteiger charge is -2.05. The smallest absolute Gasteiger partial charge is 0.276 e. The Morgan fingerprint density at radius 2 is 2.12 bits per heavy atom. The molecule has 4 aromatic rings. The number of aromatic amines is 1. The minimum Gasteiger partial charge on any atom is -0.463 e. The maximum absolute atomic E-state index is 12.4. The molecule has 0 saturated heterocycles. The minimum atomic E-state index is -0.294. The van der Waals surface area contributed by atoms with Gasteiger partial charge in [0.15, 0.2) is 11.5 Å². The second-order valence-corrected chi connectivity index (χ2v) is 5.58. The third-order valence-electron chi connectivity index (χ3n) is 3.76. The van der Waals surface area contributed by atoms with Crippen LogP contribution in [-0.4, -0.2) is 25.9 Å². The summed E-state index contributed by atoms with van der Waals surface area (Å²) in [5.41, 5.74) is 3.59. The molecule has 1 amide bonds. The van der Waals surface area contributed by atoms with E-state index in [1.54, 1.807) is 35.3 Å². The number of aryl methyl sites for hydroxylation is 1. The first-order valence-corrected chi connectivity index (χ1v) is 7.69. The van der Waals surface area contributed by atoms with Crippen molar-refractivity contribution in [2.24, 2.45) is 7.05 Å². The Morgan fingerprint density at radius 3 is 2.88 bits per heavy atom. The van der Waals surface area contributed by atoms with Gasteiger partial charge in [0.1, 0.15) is 5.69 Å². The molecule has 2 N–H and O–H groups in total. The molecule has 0 radical (unpaired) electrons. The van der Waals surface area contributed by atoms with Crippen molar-refractivity contribution in [1.29, 1.82) is 0 Å². The predicted octanol–water partition coefficient (Wildman–Crippen LogP) is 3.32. The number of hydrogen-bond donors (Lipinski definition) is 2. The highest BCUT2D eigenvalue weighted by molar-refractivity contribution is 6.03. The fourth-order valence-corrected chi connectivity index (χ4v) is 2.54. The van der Waals surface area contributed by atoms with Crippen molar-refractivity contribution < 1.29 is 9.21 Å². The molecule has 7 heteroatoms.